The van der Waals surface area contributed by atoms with E-state index in [1.54, 1.807) is 13.2 Å². The molecule has 5 nitrogen and oxygen atoms in total. The number of nitrogens with zero attached hydrogens (tertiary/aromatic N) is 2. The topological polar surface area (TPSA) is 57.1 Å². The number of likely N-dealkylation sites (tertiary alicyclic amines) is 1. The standard InChI is InChI=1S/C21H26FN3O2/c1-3-23-21(24-13-15-4-9-20(26)19(22)12-15)25-11-10-17(14-25)16-5-7-18(27-2)8-6-16/h4-9,12,17,26H,3,10-11,13-14H2,1-2H3,(H,23,24). The van der Waals surface area contributed by atoms with Crippen LogP contribution in [-0.2, 0) is 6.54 Å². The summed E-state index contributed by atoms with van der Waals surface area (Å²) >= 11 is 0. The van der Waals surface area contributed by atoms with Gasteiger partial charge in [-0.3, -0.25) is 0 Å². The van der Waals surface area contributed by atoms with E-state index < -0.39 is 5.82 Å². The molecule has 0 bridgehead atoms. The van der Waals surface area contributed by atoms with Gasteiger partial charge < -0.3 is 20.1 Å². The number of methoxy groups -OCH3 is 1. The van der Waals surface area contributed by atoms with Gasteiger partial charge in [0.1, 0.15) is 5.75 Å². The summed E-state index contributed by atoms with van der Waals surface area (Å²) in [5.74, 6) is 1.20. The molecule has 1 aliphatic rings. The lowest BCUT2D eigenvalue weighted by Gasteiger charge is -2.22. The van der Waals surface area contributed by atoms with Gasteiger partial charge in [-0.2, -0.15) is 0 Å². The van der Waals surface area contributed by atoms with E-state index in [-0.39, 0.29) is 5.75 Å². The maximum absolute atomic E-state index is 13.5. The molecule has 2 aromatic rings. The smallest absolute Gasteiger partial charge is 0.194 e. The van der Waals surface area contributed by atoms with Crippen LogP contribution >= 0.6 is 0 Å². The van der Waals surface area contributed by atoms with E-state index in [9.17, 15) is 9.50 Å². The Hall–Kier alpha value is -2.76. The predicted octanol–water partition coefficient (Wildman–Crippen LogP) is 3.49. The fourth-order valence-electron chi connectivity index (χ4n) is 3.34. The highest BCUT2D eigenvalue weighted by Crippen LogP contribution is 2.28. The van der Waals surface area contributed by atoms with Gasteiger partial charge in [0.2, 0.25) is 0 Å². The number of rotatable bonds is 5. The SMILES string of the molecule is CCNC(=NCc1ccc(O)c(F)c1)N1CCC(c2ccc(OC)cc2)C1. The molecule has 0 spiro atoms. The fraction of sp³-hybridized carbons (Fsp3) is 0.381. The molecule has 3 rings (SSSR count). The van der Waals surface area contributed by atoms with Crippen LogP contribution in [0.15, 0.2) is 47.5 Å². The monoisotopic (exact) mass is 371 g/mol. The highest BCUT2D eigenvalue weighted by atomic mass is 19.1. The van der Waals surface area contributed by atoms with Crippen LogP contribution in [-0.4, -0.2) is 42.7 Å². The molecule has 0 aliphatic carbocycles. The Morgan fingerprint density at radius 3 is 2.74 bits per heavy atom. The Kier molecular flexibility index (Phi) is 6.16. The third kappa shape index (κ3) is 4.70. The van der Waals surface area contributed by atoms with Crippen LogP contribution in [0, 0.1) is 5.82 Å². The van der Waals surface area contributed by atoms with Crippen molar-refractivity contribution < 1.29 is 14.2 Å². The van der Waals surface area contributed by atoms with E-state index in [1.807, 2.05) is 19.1 Å². The summed E-state index contributed by atoms with van der Waals surface area (Å²) in [4.78, 5) is 6.90. The summed E-state index contributed by atoms with van der Waals surface area (Å²) in [6, 6.07) is 12.6. The predicted molar refractivity (Wildman–Crippen MR) is 105 cm³/mol. The number of aromatic hydroxyl groups is 1. The number of phenols is 1. The van der Waals surface area contributed by atoms with E-state index in [2.05, 4.69) is 27.3 Å². The number of halogens is 1. The van der Waals surface area contributed by atoms with Gasteiger partial charge in [0, 0.05) is 25.6 Å². The molecule has 2 aromatic carbocycles. The molecule has 1 saturated heterocycles. The van der Waals surface area contributed by atoms with Gasteiger partial charge in [0.15, 0.2) is 17.5 Å². The third-order valence-corrected chi connectivity index (χ3v) is 4.83. The van der Waals surface area contributed by atoms with Crippen molar-refractivity contribution in [2.75, 3.05) is 26.7 Å². The lowest BCUT2D eigenvalue weighted by molar-refractivity contribution is 0.414. The molecule has 0 radical (unpaired) electrons. The van der Waals surface area contributed by atoms with E-state index >= 15 is 0 Å². The molecule has 144 valence electrons. The van der Waals surface area contributed by atoms with Crippen molar-refractivity contribution in [3.63, 3.8) is 0 Å². The molecule has 1 atom stereocenters. The van der Waals surface area contributed by atoms with E-state index in [4.69, 9.17) is 4.74 Å². The Morgan fingerprint density at radius 2 is 2.07 bits per heavy atom. The first kappa shape index (κ1) is 19.0. The summed E-state index contributed by atoms with van der Waals surface area (Å²) in [6.07, 6.45) is 1.06. The van der Waals surface area contributed by atoms with Crippen molar-refractivity contribution in [3.8, 4) is 11.5 Å². The van der Waals surface area contributed by atoms with E-state index in [0.717, 1.165) is 43.3 Å². The minimum atomic E-state index is -0.617. The van der Waals surface area contributed by atoms with E-state index in [0.29, 0.717) is 12.5 Å². The van der Waals surface area contributed by atoms with Gasteiger partial charge in [-0.25, -0.2) is 9.38 Å². The average molecular weight is 371 g/mol. The molecule has 0 amide bonds. The summed E-state index contributed by atoms with van der Waals surface area (Å²) in [5, 5.41) is 12.6. The number of aliphatic imine (C=N–C) groups is 1. The number of hydrogen-bond acceptors (Lipinski definition) is 3. The van der Waals surface area contributed by atoms with Crippen LogP contribution in [0.25, 0.3) is 0 Å². The number of phenolic OH excluding ortho intramolecular Hbond substituents is 1. The number of guanidine groups is 1. The molecule has 1 heterocycles. The Balaban J connectivity index is 1.68. The lowest BCUT2D eigenvalue weighted by atomic mass is 9.98. The summed E-state index contributed by atoms with van der Waals surface area (Å²) in [5.41, 5.74) is 2.03. The van der Waals surface area contributed by atoms with Crippen molar-refractivity contribution in [2.24, 2.45) is 4.99 Å². The largest absolute Gasteiger partial charge is 0.505 e. The first-order valence-corrected chi connectivity index (χ1v) is 9.25. The number of hydrogen-bond donors (Lipinski definition) is 2. The number of nitrogens with one attached hydrogen (secondary N) is 1. The highest BCUT2D eigenvalue weighted by Gasteiger charge is 2.26. The molecular weight excluding hydrogens is 345 g/mol. The maximum Gasteiger partial charge on any atom is 0.194 e. The molecule has 27 heavy (non-hydrogen) atoms. The van der Waals surface area contributed by atoms with Gasteiger partial charge in [0.25, 0.3) is 0 Å². The molecule has 1 unspecified atom stereocenters. The molecule has 6 heteroatoms. The third-order valence-electron chi connectivity index (χ3n) is 4.83. The molecular formula is C21H26FN3O2. The normalized spacial score (nSPS) is 17.2. The van der Waals surface area contributed by atoms with Crippen molar-refractivity contribution in [3.05, 3.63) is 59.4 Å². The summed E-state index contributed by atoms with van der Waals surface area (Å²) < 4.78 is 18.7. The fourth-order valence-corrected chi connectivity index (χ4v) is 3.34. The number of benzene rings is 2. The molecule has 1 aliphatic heterocycles. The molecule has 0 aromatic heterocycles. The highest BCUT2D eigenvalue weighted by molar-refractivity contribution is 5.80. The first-order chi connectivity index (χ1) is 13.1. The van der Waals surface area contributed by atoms with Crippen LogP contribution in [0.2, 0.25) is 0 Å². The second kappa shape index (κ2) is 8.75. The van der Waals surface area contributed by atoms with Crippen LogP contribution in [0.5, 0.6) is 11.5 Å². The first-order valence-electron chi connectivity index (χ1n) is 9.25. The minimum absolute atomic E-state index is 0.337. The van der Waals surface area contributed by atoms with Crippen LogP contribution in [0.4, 0.5) is 4.39 Å². The zero-order valence-electron chi connectivity index (χ0n) is 15.8. The lowest BCUT2D eigenvalue weighted by Crippen LogP contribution is -2.40. The second-order valence-electron chi connectivity index (χ2n) is 6.66. The molecule has 2 N–H and O–H groups in total. The molecule has 0 saturated carbocycles. The second-order valence-corrected chi connectivity index (χ2v) is 6.66. The zero-order chi connectivity index (χ0) is 19.2. The van der Waals surface area contributed by atoms with Crippen molar-refractivity contribution >= 4 is 5.96 Å². The molecule has 1 fully saturated rings. The Labute approximate surface area is 159 Å². The Bertz CT molecular complexity index is 793. The van der Waals surface area contributed by atoms with Crippen molar-refractivity contribution in [1.29, 1.82) is 0 Å². The van der Waals surface area contributed by atoms with E-state index in [1.165, 1.54) is 17.7 Å². The number of ether oxygens (including phenoxy) is 1. The quantitative estimate of drug-likeness (QED) is 0.624. The van der Waals surface area contributed by atoms with Crippen molar-refractivity contribution in [2.45, 2.75) is 25.8 Å². The maximum atomic E-state index is 13.5. The van der Waals surface area contributed by atoms with Crippen LogP contribution in [0.1, 0.15) is 30.4 Å². The van der Waals surface area contributed by atoms with Crippen molar-refractivity contribution in [1.82, 2.24) is 10.2 Å². The van der Waals surface area contributed by atoms with Gasteiger partial charge in [0.05, 0.1) is 13.7 Å². The summed E-state index contributed by atoms with van der Waals surface area (Å²) in [7, 11) is 1.67. The Morgan fingerprint density at radius 1 is 1.30 bits per heavy atom. The van der Waals surface area contributed by atoms with Gasteiger partial charge in [-0.15, -0.1) is 0 Å². The zero-order valence-corrected chi connectivity index (χ0v) is 15.8. The summed E-state index contributed by atoms with van der Waals surface area (Å²) in [6.45, 7) is 4.98. The van der Waals surface area contributed by atoms with Crippen LogP contribution in [0.3, 0.4) is 0 Å². The van der Waals surface area contributed by atoms with Crippen LogP contribution < -0.4 is 10.1 Å². The van der Waals surface area contributed by atoms with Gasteiger partial charge in [-0.05, 0) is 48.7 Å². The van der Waals surface area contributed by atoms with Gasteiger partial charge >= 0.3 is 0 Å². The van der Waals surface area contributed by atoms with Gasteiger partial charge in [-0.1, -0.05) is 18.2 Å². The minimum Gasteiger partial charge on any atom is -0.505 e. The average Bonchev–Trinajstić information content (AvgIpc) is 3.18.